The van der Waals surface area contributed by atoms with Crippen LogP contribution < -0.4 is 9.04 Å². The van der Waals surface area contributed by atoms with Crippen LogP contribution in [0.3, 0.4) is 0 Å². The molecule has 0 saturated carbocycles. The van der Waals surface area contributed by atoms with E-state index < -0.39 is 16.0 Å². The molecule has 6 nitrogen and oxygen atoms in total. The van der Waals surface area contributed by atoms with Gasteiger partial charge in [-0.3, -0.25) is 4.31 Å². The molecule has 0 N–H and O–H groups in total. The molecule has 0 amide bonds. The van der Waals surface area contributed by atoms with Crippen LogP contribution in [0.4, 0.5) is 5.69 Å². The third kappa shape index (κ3) is 4.55. The van der Waals surface area contributed by atoms with Crippen molar-refractivity contribution in [3.8, 4) is 5.75 Å². The topological polar surface area (TPSA) is 72.9 Å². The second-order valence-electron chi connectivity index (χ2n) is 7.40. The lowest BCUT2D eigenvalue weighted by Gasteiger charge is -2.27. The van der Waals surface area contributed by atoms with Crippen LogP contribution in [0.5, 0.6) is 5.75 Å². The average Bonchev–Trinajstić information content (AvgIpc) is 2.76. The molecule has 0 aromatic heterocycles. The first-order valence-corrected chi connectivity index (χ1v) is 11.9. The highest BCUT2D eigenvalue weighted by atomic mass is 79.9. The van der Waals surface area contributed by atoms with Crippen LogP contribution >= 0.6 is 15.9 Å². The Morgan fingerprint density at radius 2 is 1.65 bits per heavy atom. The third-order valence-electron chi connectivity index (χ3n) is 4.78. The number of hydrogen-bond donors (Lipinski definition) is 0. The summed E-state index contributed by atoms with van der Waals surface area (Å²) >= 11 is 3.39. The Balaban J connectivity index is 2.33. The number of rotatable bonds is 7. The summed E-state index contributed by atoms with van der Waals surface area (Å²) in [5.74, 6) is -0.318. The molecule has 0 bridgehead atoms. The van der Waals surface area contributed by atoms with E-state index in [-0.39, 0.29) is 28.7 Å². The molecule has 0 heterocycles. The largest absolute Gasteiger partial charge is 0.495 e. The first-order chi connectivity index (χ1) is 14.7. The van der Waals surface area contributed by atoms with Gasteiger partial charge in [-0.05, 0) is 36.2 Å². The van der Waals surface area contributed by atoms with Crippen molar-refractivity contribution in [3.63, 3.8) is 0 Å². The second kappa shape index (κ2) is 9.28. The van der Waals surface area contributed by atoms with Crippen LogP contribution in [-0.2, 0) is 14.8 Å². The van der Waals surface area contributed by atoms with Crippen molar-refractivity contribution in [3.05, 3.63) is 64.6 Å². The Hall–Kier alpha value is -2.58. The summed E-state index contributed by atoms with van der Waals surface area (Å²) in [7, 11) is -1.34. The second-order valence-corrected chi connectivity index (χ2v) is 10.1. The van der Waals surface area contributed by atoms with Crippen LogP contribution in [0.15, 0.2) is 64.0 Å². The molecule has 0 radical (unpaired) electrons. The number of hydrogen-bond acceptors (Lipinski definition) is 5. The van der Waals surface area contributed by atoms with Gasteiger partial charge in [0.05, 0.1) is 24.8 Å². The SMILES string of the molecule is COC(=O)c1cc(S(=O)(=O)N(CC(C)C)c2ccc(Br)cc2)c2ccccc2c1OC. The van der Waals surface area contributed by atoms with Crippen LogP contribution in [0.1, 0.15) is 24.2 Å². The minimum atomic E-state index is -4.02. The number of sulfonamides is 1. The summed E-state index contributed by atoms with van der Waals surface area (Å²) in [6.45, 7) is 4.18. The minimum Gasteiger partial charge on any atom is -0.495 e. The summed E-state index contributed by atoms with van der Waals surface area (Å²) in [5, 5.41) is 0.990. The molecule has 0 fully saturated rings. The van der Waals surface area contributed by atoms with Gasteiger partial charge in [-0.25, -0.2) is 13.2 Å². The monoisotopic (exact) mass is 505 g/mol. The van der Waals surface area contributed by atoms with Crippen molar-refractivity contribution in [2.45, 2.75) is 18.7 Å². The zero-order valence-corrected chi connectivity index (χ0v) is 20.2. The van der Waals surface area contributed by atoms with Crippen LogP contribution in [-0.4, -0.2) is 35.2 Å². The number of methoxy groups -OCH3 is 2. The van der Waals surface area contributed by atoms with Crippen molar-refractivity contribution >= 4 is 48.4 Å². The predicted molar refractivity (Wildman–Crippen MR) is 125 cm³/mol. The van der Waals surface area contributed by atoms with Gasteiger partial charge in [0.2, 0.25) is 0 Å². The molecule has 0 spiro atoms. The summed E-state index contributed by atoms with van der Waals surface area (Å²) in [6, 6.07) is 15.4. The first kappa shape index (κ1) is 23.1. The molecule has 31 heavy (non-hydrogen) atoms. The standard InChI is InChI=1S/C23H24BrNO5S/c1-15(2)14-25(17-11-9-16(24)10-12-17)31(27,28)21-13-20(23(26)30-4)22(29-3)19-8-6-5-7-18(19)21/h5-13,15H,14H2,1-4H3. The molecular weight excluding hydrogens is 482 g/mol. The molecular formula is C23H24BrNO5S. The molecule has 0 atom stereocenters. The lowest BCUT2D eigenvalue weighted by molar-refractivity contribution is 0.0597. The zero-order chi connectivity index (χ0) is 22.8. The Morgan fingerprint density at radius 1 is 1.03 bits per heavy atom. The molecule has 3 aromatic carbocycles. The molecule has 0 aliphatic carbocycles. The number of anilines is 1. The number of ether oxygens (including phenoxy) is 2. The van der Waals surface area contributed by atoms with Gasteiger partial charge in [-0.2, -0.15) is 0 Å². The molecule has 0 unspecified atom stereocenters. The maximum absolute atomic E-state index is 14.0. The van der Waals surface area contributed by atoms with Crippen molar-refractivity contribution in [2.75, 3.05) is 25.1 Å². The number of esters is 1. The van der Waals surface area contributed by atoms with Crippen molar-refractivity contribution in [1.29, 1.82) is 0 Å². The lowest BCUT2D eigenvalue weighted by atomic mass is 10.1. The third-order valence-corrected chi connectivity index (χ3v) is 7.14. The van der Waals surface area contributed by atoms with Gasteiger partial charge in [0.15, 0.2) is 0 Å². The minimum absolute atomic E-state index is 0.0212. The van der Waals surface area contributed by atoms with E-state index in [0.29, 0.717) is 16.5 Å². The van der Waals surface area contributed by atoms with E-state index in [1.807, 2.05) is 13.8 Å². The van der Waals surface area contributed by atoms with Crippen LogP contribution in [0, 0.1) is 5.92 Å². The lowest BCUT2D eigenvalue weighted by Crippen LogP contribution is -2.34. The fourth-order valence-corrected chi connectivity index (χ4v) is 5.53. The van der Waals surface area contributed by atoms with Gasteiger partial charge in [0.1, 0.15) is 11.3 Å². The Bertz CT molecular complexity index is 1210. The Kier molecular flexibility index (Phi) is 6.91. The highest BCUT2D eigenvalue weighted by Crippen LogP contribution is 2.37. The molecule has 0 aliphatic heterocycles. The van der Waals surface area contributed by atoms with E-state index in [0.717, 1.165) is 4.47 Å². The quantitative estimate of drug-likeness (QED) is 0.410. The normalized spacial score (nSPS) is 11.5. The predicted octanol–water partition coefficient (Wildman–Crippen LogP) is 5.25. The Labute approximate surface area is 191 Å². The van der Waals surface area contributed by atoms with Crippen molar-refractivity contribution < 1.29 is 22.7 Å². The van der Waals surface area contributed by atoms with E-state index in [4.69, 9.17) is 9.47 Å². The molecule has 0 saturated heterocycles. The highest BCUT2D eigenvalue weighted by molar-refractivity contribution is 9.10. The van der Waals surface area contributed by atoms with Crippen molar-refractivity contribution in [1.82, 2.24) is 0 Å². The van der Waals surface area contributed by atoms with Gasteiger partial charge in [0.25, 0.3) is 10.0 Å². The number of nitrogens with zero attached hydrogens (tertiary/aromatic N) is 1. The van der Waals surface area contributed by atoms with Crippen LogP contribution in [0.2, 0.25) is 0 Å². The number of carbonyl (C=O) groups excluding carboxylic acids is 1. The summed E-state index contributed by atoms with van der Waals surface area (Å²) in [4.78, 5) is 12.5. The molecule has 3 aromatic rings. The van der Waals surface area contributed by atoms with Gasteiger partial charge >= 0.3 is 5.97 Å². The number of fused-ring (bicyclic) bond motifs is 1. The van der Waals surface area contributed by atoms with Crippen molar-refractivity contribution in [2.24, 2.45) is 5.92 Å². The van der Waals surface area contributed by atoms with Gasteiger partial charge in [0, 0.05) is 21.8 Å². The Morgan fingerprint density at radius 3 is 2.19 bits per heavy atom. The summed E-state index contributed by atoms with van der Waals surface area (Å²) < 4.78 is 40.5. The number of benzene rings is 3. The van der Waals surface area contributed by atoms with E-state index >= 15 is 0 Å². The van der Waals surface area contributed by atoms with Gasteiger partial charge in [-0.1, -0.05) is 54.0 Å². The fraction of sp³-hybridized carbons (Fsp3) is 0.261. The maximum Gasteiger partial charge on any atom is 0.341 e. The smallest absolute Gasteiger partial charge is 0.341 e. The number of halogens is 1. The fourth-order valence-electron chi connectivity index (χ4n) is 3.41. The van der Waals surface area contributed by atoms with Gasteiger partial charge < -0.3 is 9.47 Å². The van der Waals surface area contributed by atoms with Gasteiger partial charge in [-0.15, -0.1) is 0 Å². The molecule has 164 valence electrons. The summed E-state index contributed by atoms with van der Waals surface area (Å²) in [6.07, 6.45) is 0. The number of carbonyl (C=O) groups is 1. The average molecular weight is 506 g/mol. The van der Waals surface area contributed by atoms with Crippen LogP contribution in [0.25, 0.3) is 10.8 Å². The zero-order valence-electron chi connectivity index (χ0n) is 17.8. The van der Waals surface area contributed by atoms with E-state index in [9.17, 15) is 13.2 Å². The van der Waals surface area contributed by atoms with E-state index in [1.165, 1.54) is 24.6 Å². The first-order valence-electron chi connectivity index (χ1n) is 9.67. The van der Waals surface area contributed by atoms with E-state index in [2.05, 4.69) is 15.9 Å². The molecule has 3 rings (SSSR count). The highest BCUT2D eigenvalue weighted by Gasteiger charge is 2.31. The van der Waals surface area contributed by atoms with E-state index in [1.54, 1.807) is 48.5 Å². The molecule has 0 aliphatic rings. The summed E-state index contributed by atoms with van der Waals surface area (Å²) in [5.41, 5.74) is 0.596. The molecule has 8 heteroatoms. The maximum atomic E-state index is 14.0.